The minimum absolute atomic E-state index is 0.0567. The van der Waals surface area contributed by atoms with Gasteiger partial charge in [0.05, 0.1) is 4.99 Å². The van der Waals surface area contributed by atoms with Crippen molar-refractivity contribution in [2.24, 2.45) is 5.73 Å². The highest BCUT2D eigenvalue weighted by molar-refractivity contribution is 7.80. The van der Waals surface area contributed by atoms with Crippen LogP contribution in [0.3, 0.4) is 0 Å². The fourth-order valence-electron chi connectivity index (χ4n) is 1.08. The summed E-state index contributed by atoms with van der Waals surface area (Å²) in [5, 5.41) is 2.75. The van der Waals surface area contributed by atoms with Crippen molar-refractivity contribution in [1.82, 2.24) is 10.2 Å². The fraction of sp³-hybridized carbons (Fsp3) is 0.778. The van der Waals surface area contributed by atoms with Crippen LogP contribution in [0.1, 0.15) is 27.2 Å². The van der Waals surface area contributed by atoms with Crippen molar-refractivity contribution in [1.29, 1.82) is 0 Å². The Morgan fingerprint density at radius 2 is 2.14 bits per heavy atom. The van der Waals surface area contributed by atoms with E-state index in [9.17, 15) is 4.79 Å². The first-order valence-corrected chi connectivity index (χ1v) is 5.22. The molecule has 5 heteroatoms. The summed E-state index contributed by atoms with van der Waals surface area (Å²) in [6, 6.07) is 0.106. The van der Waals surface area contributed by atoms with Crippen LogP contribution < -0.4 is 11.1 Å². The molecule has 4 nitrogen and oxygen atoms in total. The summed E-state index contributed by atoms with van der Waals surface area (Å²) in [6.45, 7) is 7.04. The Morgan fingerprint density at radius 3 is 2.50 bits per heavy atom. The van der Waals surface area contributed by atoms with Gasteiger partial charge >= 0.3 is 6.03 Å². The summed E-state index contributed by atoms with van der Waals surface area (Å²) in [6.07, 6.45) is 0.574. The number of carbonyl (C=O) groups excluding carboxylic acids is 1. The first-order chi connectivity index (χ1) is 6.49. The molecule has 0 aromatic carbocycles. The topological polar surface area (TPSA) is 58.4 Å². The summed E-state index contributed by atoms with van der Waals surface area (Å²) in [7, 11) is 0. The highest BCUT2D eigenvalue weighted by Gasteiger charge is 2.15. The second-order valence-electron chi connectivity index (χ2n) is 3.34. The third kappa shape index (κ3) is 5.01. The maximum atomic E-state index is 11.5. The van der Waals surface area contributed by atoms with Crippen LogP contribution >= 0.6 is 12.2 Å². The van der Waals surface area contributed by atoms with Crippen molar-refractivity contribution in [3.63, 3.8) is 0 Å². The molecule has 0 saturated carbocycles. The number of carbonyl (C=O) groups is 1. The maximum Gasteiger partial charge on any atom is 0.317 e. The van der Waals surface area contributed by atoms with Gasteiger partial charge < -0.3 is 16.0 Å². The highest BCUT2D eigenvalue weighted by Crippen LogP contribution is 2.00. The molecule has 0 unspecified atom stereocenters. The van der Waals surface area contributed by atoms with E-state index < -0.39 is 0 Å². The minimum Gasteiger partial charge on any atom is -0.393 e. The molecule has 0 bridgehead atoms. The van der Waals surface area contributed by atoms with Crippen molar-refractivity contribution in [3.8, 4) is 0 Å². The summed E-state index contributed by atoms with van der Waals surface area (Å²) in [4.78, 5) is 13.7. The van der Waals surface area contributed by atoms with Crippen molar-refractivity contribution < 1.29 is 4.79 Å². The number of rotatable bonds is 5. The Labute approximate surface area is 90.8 Å². The van der Waals surface area contributed by atoms with E-state index in [1.165, 1.54) is 0 Å². The molecule has 0 aliphatic carbocycles. The van der Waals surface area contributed by atoms with Gasteiger partial charge in [-0.15, -0.1) is 0 Å². The van der Waals surface area contributed by atoms with E-state index in [1.54, 1.807) is 4.90 Å². The van der Waals surface area contributed by atoms with E-state index in [0.717, 1.165) is 0 Å². The third-order valence-corrected chi connectivity index (χ3v) is 2.02. The molecule has 2 amide bonds. The minimum atomic E-state index is -0.0567. The van der Waals surface area contributed by atoms with Gasteiger partial charge in [-0.25, -0.2) is 4.79 Å². The molecule has 0 aliphatic heterocycles. The average Bonchev–Trinajstić information content (AvgIpc) is 2.03. The van der Waals surface area contributed by atoms with Crippen LogP contribution in [0.25, 0.3) is 0 Å². The van der Waals surface area contributed by atoms with Crippen LogP contribution in [0.2, 0.25) is 0 Å². The van der Waals surface area contributed by atoms with Crippen LogP contribution in [0.5, 0.6) is 0 Å². The number of thiocarbonyl (C=S) groups is 1. The highest BCUT2D eigenvalue weighted by atomic mass is 32.1. The molecule has 0 radical (unpaired) electrons. The smallest absolute Gasteiger partial charge is 0.317 e. The molecule has 0 heterocycles. The predicted molar refractivity (Wildman–Crippen MR) is 62.3 cm³/mol. The van der Waals surface area contributed by atoms with Crippen LogP contribution in [0, 0.1) is 0 Å². The first-order valence-electron chi connectivity index (χ1n) is 4.81. The Balaban J connectivity index is 4.14. The molecule has 0 aromatic rings. The lowest BCUT2D eigenvalue weighted by molar-refractivity contribution is 0.186. The molecule has 14 heavy (non-hydrogen) atoms. The number of urea groups is 1. The van der Waals surface area contributed by atoms with E-state index in [2.05, 4.69) is 5.32 Å². The van der Waals surface area contributed by atoms with Gasteiger partial charge in [0, 0.05) is 25.6 Å². The summed E-state index contributed by atoms with van der Waals surface area (Å²) >= 11 is 4.77. The lowest BCUT2D eigenvalue weighted by atomic mass is 10.3. The maximum absolute atomic E-state index is 11.5. The van der Waals surface area contributed by atoms with Gasteiger partial charge in [-0.05, 0) is 20.8 Å². The average molecular weight is 217 g/mol. The number of nitrogens with one attached hydrogen (secondary N) is 1. The van der Waals surface area contributed by atoms with Gasteiger partial charge in [0.15, 0.2) is 0 Å². The van der Waals surface area contributed by atoms with E-state index in [0.29, 0.717) is 24.5 Å². The van der Waals surface area contributed by atoms with Crippen molar-refractivity contribution in [2.75, 3.05) is 13.1 Å². The van der Waals surface area contributed by atoms with Crippen molar-refractivity contribution in [2.45, 2.75) is 33.2 Å². The summed E-state index contributed by atoms with van der Waals surface area (Å²) in [5.74, 6) is 0. The molecule has 0 spiro atoms. The number of amides is 2. The molecule has 0 rings (SSSR count). The SMILES string of the molecule is CCNC(=O)N(CCC(N)=S)C(C)C. The molecule has 0 atom stereocenters. The zero-order chi connectivity index (χ0) is 11.1. The molecule has 3 N–H and O–H groups in total. The van der Waals surface area contributed by atoms with Crippen LogP contribution in [-0.2, 0) is 0 Å². The van der Waals surface area contributed by atoms with Crippen LogP contribution in [-0.4, -0.2) is 35.1 Å². The molecule has 0 fully saturated rings. The summed E-state index contributed by atoms with van der Waals surface area (Å²) in [5.41, 5.74) is 5.39. The molecule has 0 saturated heterocycles. The van der Waals surface area contributed by atoms with Gasteiger partial charge in [0.2, 0.25) is 0 Å². The number of hydrogen-bond donors (Lipinski definition) is 2. The zero-order valence-corrected chi connectivity index (χ0v) is 9.86. The molecular weight excluding hydrogens is 198 g/mol. The standard InChI is InChI=1S/C9H19N3OS/c1-4-11-9(13)12(7(2)3)6-5-8(10)14/h7H,4-6H2,1-3H3,(H2,10,14)(H,11,13). The van der Waals surface area contributed by atoms with Gasteiger partial charge in [-0.3, -0.25) is 0 Å². The van der Waals surface area contributed by atoms with E-state index in [1.807, 2.05) is 20.8 Å². The second-order valence-corrected chi connectivity index (χ2v) is 3.86. The van der Waals surface area contributed by atoms with Crippen LogP contribution in [0.15, 0.2) is 0 Å². The zero-order valence-electron chi connectivity index (χ0n) is 9.04. The predicted octanol–water partition coefficient (Wildman–Crippen LogP) is 1.10. The largest absolute Gasteiger partial charge is 0.393 e. The Morgan fingerprint density at radius 1 is 1.57 bits per heavy atom. The van der Waals surface area contributed by atoms with Crippen LogP contribution in [0.4, 0.5) is 4.79 Å². The quantitative estimate of drug-likeness (QED) is 0.678. The molecule has 0 aromatic heterocycles. The Bertz CT molecular complexity index is 206. The lowest BCUT2D eigenvalue weighted by Gasteiger charge is -2.26. The van der Waals surface area contributed by atoms with Gasteiger partial charge in [-0.1, -0.05) is 12.2 Å². The summed E-state index contributed by atoms with van der Waals surface area (Å²) < 4.78 is 0. The molecule has 0 aliphatic rings. The molecule has 82 valence electrons. The van der Waals surface area contributed by atoms with Crippen molar-refractivity contribution in [3.05, 3.63) is 0 Å². The van der Waals surface area contributed by atoms with E-state index in [-0.39, 0.29) is 12.1 Å². The third-order valence-electron chi connectivity index (χ3n) is 1.81. The van der Waals surface area contributed by atoms with Gasteiger partial charge in [0.25, 0.3) is 0 Å². The Kier molecular flexibility index (Phi) is 6.19. The van der Waals surface area contributed by atoms with E-state index in [4.69, 9.17) is 18.0 Å². The van der Waals surface area contributed by atoms with Crippen molar-refractivity contribution >= 4 is 23.2 Å². The fourth-order valence-corrected chi connectivity index (χ4v) is 1.17. The monoisotopic (exact) mass is 217 g/mol. The normalized spacial score (nSPS) is 10.0. The van der Waals surface area contributed by atoms with Gasteiger partial charge in [-0.2, -0.15) is 0 Å². The second kappa shape index (κ2) is 6.59. The molecular formula is C9H19N3OS. The van der Waals surface area contributed by atoms with E-state index >= 15 is 0 Å². The van der Waals surface area contributed by atoms with Gasteiger partial charge in [0.1, 0.15) is 0 Å². The Hall–Kier alpha value is -0.840. The lowest BCUT2D eigenvalue weighted by Crippen LogP contribution is -2.45. The number of nitrogens with two attached hydrogens (primary N) is 1. The first kappa shape index (κ1) is 13.2. The number of hydrogen-bond acceptors (Lipinski definition) is 2. The number of nitrogens with zero attached hydrogens (tertiary/aromatic N) is 1.